The lowest BCUT2D eigenvalue weighted by molar-refractivity contribution is -0.308. The number of anilines is 1. The molecule has 3 rings (SSSR count). The van der Waals surface area contributed by atoms with Crippen molar-refractivity contribution in [3.05, 3.63) is 29.3 Å². The Morgan fingerprint density at radius 2 is 1.54 bits per heavy atom. The van der Waals surface area contributed by atoms with E-state index < -0.39 is 48.2 Å². The lowest BCUT2D eigenvalue weighted by Crippen LogP contribution is -2.52. The van der Waals surface area contributed by atoms with Gasteiger partial charge in [-0.2, -0.15) is 39.5 Å². The number of aliphatic carboxylic acids is 1. The Morgan fingerprint density at radius 1 is 0.946 bits per heavy atom. The number of hydrogen-bond acceptors (Lipinski definition) is 5. The maximum absolute atomic E-state index is 13.6. The second kappa shape index (κ2) is 10.5. The van der Waals surface area contributed by atoms with E-state index in [0.717, 1.165) is 6.07 Å². The van der Waals surface area contributed by atoms with E-state index in [1.165, 1.54) is 17.0 Å². The third-order valence-electron chi connectivity index (χ3n) is 6.10. The number of hydrogen-bond donors (Lipinski definition) is 1. The van der Waals surface area contributed by atoms with Gasteiger partial charge in [-0.3, -0.25) is 9.69 Å². The number of carbonyl (C=O) groups is 2. The summed E-state index contributed by atoms with van der Waals surface area (Å²) in [6.07, 6.45) is -22.2. The van der Waals surface area contributed by atoms with Crippen LogP contribution >= 0.6 is 0 Å². The van der Waals surface area contributed by atoms with E-state index in [9.17, 15) is 49.1 Å². The molecule has 1 aromatic rings. The second-order valence-corrected chi connectivity index (χ2v) is 8.73. The van der Waals surface area contributed by atoms with E-state index in [1.54, 1.807) is 4.90 Å². The number of halogens is 9. The van der Waals surface area contributed by atoms with Crippen molar-refractivity contribution in [2.75, 3.05) is 44.2 Å². The highest BCUT2D eigenvalue weighted by molar-refractivity contribution is 5.72. The summed E-state index contributed by atoms with van der Waals surface area (Å²) >= 11 is 0. The fourth-order valence-corrected chi connectivity index (χ4v) is 4.20. The van der Waals surface area contributed by atoms with Crippen LogP contribution < -0.4 is 4.90 Å². The van der Waals surface area contributed by atoms with Crippen LogP contribution in [-0.2, 0) is 22.3 Å². The molecule has 2 aliphatic heterocycles. The SMILES string of the molecule is O=C(O)C1CCN(c2cc(CN3CCN(C(=O)OC(C(F)(F)F)C(F)(F)F)CC3)ccc2C(F)(F)F)C1. The van der Waals surface area contributed by atoms with E-state index in [2.05, 4.69) is 4.74 Å². The van der Waals surface area contributed by atoms with Crippen LogP contribution in [0.15, 0.2) is 18.2 Å². The molecule has 1 N–H and O–H groups in total. The highest BCUT2D eigenvalue weighted by Crippen LogP contribution is 2.39. The summed E-state index contributed by atoms with van der Waals surface area (Å²) in [4.78, 5) is 26.8. The van der Waals surface area contributed by atoms with Gasteiger partial charge in [-0.25, -0.2) is 4.79 Å². The lowest BCUT2D eigenvalue weighted by Gasteiger charge is -2.35. The number of benzene rings is 1. The summed E-state index contributed by atoms with van der Waals surface area (Å²) in [5.41, 5.74) is -0.688. The number of carboxylic acid groups (broad SMARTS) is 1. The van der Waals surface area contributed by atoms with E-state index >= 15 is 0 Å². The predicted octanol–water partition coefficient (Wildman–Crippen LogP) is 4.36. The molecule has 0 radical (unpaired) electrons. The van der Waals surface area contributed by atoms with E-state index in [1.807, 2.05) is 0 Å². The van der Waals surface area contributed by atoms with Gasteiger partial charge in [0.1, 0.15) is 0 Å². The molecule has 1 atom stereocenters. The molecule has 37 heavy (non-hydrogen) atoms. The zero-order valence-electron chi connectivity index (χ0n) is 19.0. The van der Waals surface area contributed by atoms with E-state index in [0.29, 0.717) is 10.5 Å². The van der Waals surface area contributed by atoms with Gasteiger partial charge < -0.3 is 19.6 Å². The zero-order chi connectivity index (χ0) is 27.8. The van der Waals surface area contributed by atoms with Crippen LogP contribution in [0, 0.1) is 5.92 Å². The fraction of sp³-hybridized carbons (Fsp3) is 0.619. The summed E-state index contributed by atoms with van der Waals surface area (Å²) in [6.45, 7) is -0.404. The Hall–Kier alpha value is -2.91. The first-order valence-electron chi connectivity index (χ1n) is 11.0. The van der Waals surface area contributed by atoms with Gasteiger partial charge in [-0.15, -0.1) is 0 Å². The van der Waals surface area contributed by atoms with Crippen molar-refractivity contribution in [3.8, 4) is 0 Å². The van der Waals surface area contributed by atoms with Crippen molar-refractivity contribution in [2.45, 2.75) is 37.6 Å². The van der Waals surface area contributed by atoms with Crippen LogP contribution in [0.3, 0.4) is 0 Å². The molecule has 2 fully saturated rings. The first kappa shape index (κ1) is 28.7. The predicted molar refractivity (Wildman–Crippen MR) is 109 cm³/mol. The normalized spacial score (nSPS) is 20.0. The van der Waals surface area contributed by atoms with Crippen LogP contribution in [0.4, 0.5) is 50.0 Å². The van der Waals surface area contributed by atoms with Gasteiger partial charge in [0.15, 0.2) is 0 Å². The van der Waals surface area contributed by atoms with Crippen molar-refractivity contribution >= 4 is 17.7 Å². The number of rotatable bonds is 5. The molecular weight excluding hydrogens is 529 g/mol. The van der Waals surface area contributed by atoms with E-state index in [4.69, 9.17) is 5.11 Å². The van der Waals surface area contributed by atoms with Crippen molar-refractivity contribution in [2.24, 2.45) is 5.92 Å². The molecule has 2 aliphatic rings. The fourth-order valence-electron chi connectivity index (χ4n) is 4.20. The first-order chi connectivity index (χ1) is 17.0. The van der Waals surface area contributed by atoms with Gasteiger partial charge in [0.25, 0.3) is 6.10 Å². The average Bonchev–Trinajstić information content (AvgIpc) is 3.26. The number of carboxylic acids is 1. The molecule has 0 saturated carbocycles. The molecule has 0 bridgehead atoms. The Balaban J connectivity index is 1.65. The summed E-state index contributed by atoms with van der Waals surface area (Å²) in [6, 6.07) is 3.39. The largest absolute Gasteiger partial charge is 0.481 e. The molecule has 0 spiro atoms. The number of ether oxygens (including phenoxy) is 1. The topological polar surface area (TPSA) is 73.3 Å². The highest BCUT2D eigenvalue weighted by Gasteiger charge is 2.60. The number of piperazine rings is 1. The third kappa shape index (κ3) is 7.11. The molecule has 1 amide bonds. The summed E-state index contributed by atoms with van der Waals surface area (Å²) in [5.74, 6) is -1.92. The minimum absolute atomic E-state index is 0.0129. The maximum atomic E-state index is 13.6. The van der Waals surface area contributed by atoms with Crippen molar-refractivity contribution in [3.63, 3.8) is 0 Å². The average molecular weight is 551 g/mol. The van der Waals surface area contributed by atoms with Crippen LogP contribution in [0.5, 0.6) is 0 Å². The van der Waals surface area contributed by atoms with Gasteiger partial charge in [-0.05, 0) is 24.1 Å². The van der Waals surface area contributed by atoms with Crippen LogP contribution in [0.25, 0.3) is 0 Å². The monoisotopic (exact) mass is 551 g/mol. The molecule has 2 heterocycles. The van der Waals surface area contributed by atoms with Crippen LogP contribution in [-0.4, -0.2) is 84.7 Å². The summed E-state index contributed by atoms with van der Waals surface area (Å²) in [7, 11) is 0. The Labute approximate surface area is 204 Å². The Kier molecular flexibility index (Phi) is 8.10. The van der Waals surface area contributed by atoms with Crippen LogP contribution in [0.1, 0.15) is 17.5 Å². The van der Waals surface area contributed by atoms with Gasteiger partial charge in [0, 0.05) is 51.5 Å². The lowest BCUT2D eigenvalue weighted by atomic mass is 10.1. The van der Waals surface area contributed by atoms with Crippen molar-refractivity contribution in [1.82, 2.24) is 9.80 Å². The standard InChI is InChI=1S/C21H22F9N3O4/c22-19(23,24)14-2-1-12(9-15(14)33-4-3-13(11-33)16(34)35)10-31-5-7-32(8-6-31)18(36)37-17(20(25,26)27)21(28,29)30/h1-2,9,13,17H,3-8,10-11H2,(H,34,35). The molecule has 1 unspecified atom stereocenters. The zero-order valence-corrected chi connectivity index (χ0v) is 19.0. The number of carbonyl (C=O) groups excluding carboxylic acids is 1. The smallest absolute Gasteiger partial charge is 0.434 e. The van der Waals surface area contributed by atoms with Gasteiger partial charge >= 0.3 is 30.6 Å². The quantitative estimate of drug-likeness (QED) is 0.549. The maximum Gasteiger partial charge on any atom is 0.434 e. The first-order valence-corrected chi connectivity index (χ1v) is 11.0. The van der Waals surface area contributed by atoms with Gasteiger partial charge in [0.05, 0.1) is 11.5 Å². The molecule has 16 heteroatoms. The minimum Gasteiger partial charge on any atom is -0.481 e. The van der Waals surface area contributed by atoms with Gasteiger partial charge in [0.2, 0.25) is 0 Å². The number of alkyl halides is 9. The molecule has 0 aromatic heterocycles. The molecule has 208 valence electrons. The Bertz CT molecular complexity index is 975. The third-order valence-corrected chi connectivity index (χ3v) is 6.10. The van der Waals surface area contributed by atoms with Gasteiger partial charge in [-0.1, -0.05) is 6.07 Å². The summed E-state index contributed by atoms with van der Waals surface area (Å²) < 4.78 is 120. The molecule has 1 aromatic carbocycles. The summed E-state index contributed by atoms with van der Waals surface area (Å²) in [5, 5.41) is 9.16. The molecule has 0 aliphatic carbocycles. The van der Waals surface area contributed by atoms with Crippen molar-refractivity contribution in [1.29, 1.82) is 0 Å². The molecule has 2 saturated heterocycles. The number of amides is 1. The molecular formula is C21H22F9N3O4. The van der Waals surface area contributed by atoms with Crippen molar-refractivity contribution < 1.29 is 58.9 Å². The Morgan fingerprint density at radius 3 is 2.03 bits per heavy atom. The minimum atomic E-state index is -5.84. The highest BCUT2D eigenvalue weighted by atomic mass is 19.4. The van der Waals surface area contributed by atoms with Crippen LogP contribution in [0.2, 0.25) is 0 Å². The number of nitrogens with zero attached hydrogens (tertiary/aromatic N) is 3. The van der Waals surface area contributed by atoms with E-state index in [-0.39, 0.29) is 57.9 Å². The molecule has 7 nitrogen and oxygen atoms in total. The second-order valence-electron chi connectivity index (χ2n) is 8.73.